The van der Waals surface area contributed by atoms with Gasteiger partial charge in [-0.3, -0.25) is 9.59 Å². The van der Waals surface area contributed by atoms with Crippen molar-refractivity contribution in [3.05, 3.63) is 24.5 Å². The number of aliphatic carboxylic acids is 1. The second-order valence-corrected chi connectivity index (χ2v) is 5.98. The third-order valence-corrected chi connectivity index (χ3v) is 4.25. The van der Waals surface area contributed by atoms with Crippen LogP contribution in [0.1, 0.15) is 38.0 Å². The van der Waals surface area contributed by atoms with Gasteiger partial charge in [-0.1, -0.05) is 5.16 Å². The van der Waals surface area contributed by atoms with Crippen molar-refractivity contribution in [1.82, 2.24) is 15.5 Å². The van der Waals surface area contributed by atoms with Crippen LogP contribution < -0.4 is 5.32 Å². The first-order valence-electron chi connectivity index (χ1n) is 7.99. The lowest BCUT2D eigenvalue weighted by atomic mass is 9.86. The van der Waals surface area contributed by atoms with Gasteiger partial charge in [-0.2, -0.15) is 4.98 Å². The van der Waals surface area contributed by atoms with Gasteiger partial charge in [0.2, 0.25) is 17.6 Å². The molecule has 1 aliphatic rings. The van der Waals surface area contributed by atoms with Crippen molar-refractivity contribution in [3.8, 4) is 11.4 Å². The fourth-order valence-electron chi connectivity index (χ4n) is 2.87. The van der Waals surface area contributed by atoms with Crippen LogP contribution in [-0.4, -0.2) is 33.2 Å². The summed E-state index contributed by atoms with van der Waals surface area (Å²) in [5, 5.41) is 15.8. The van der Waals surface area contributed by atoms with E-state index in [0.717, 1.165) is 5.56 Å². The fraction of sp³-hybridized carbons (Fsp3) is 0.500. The Kier molecular flexibility index (Phi) is 4.93. The number of aryl methyl sites for hydroxylation is 1. The molecule has 0 aliphatic heterocycles. The van der Waals surface area contributed by atoms with Crippen LogP contribution in [-0.2, 0) is 16.0 Å². The number of carbonyl (C=O) groups is 2. The molecule has 2 aromatic rings. The highest BCUT2D eigenvalue weighted by atomic mass is 16.5. The molecule has 0 saturated heterocycles. The smallest absolute Gasteiger partial charge is 0.306 e. The van der Waals surface area contributed by atoms with Crippen LogP contribution in [0.5, 0.6) is 0 Å². The van der Waals surface area contributed by atoms with Crippen molar-refractivity contribution in [1.29, 1.82) is 0 Å². The largest absolute Gasteiger partial charge is 0.481 e. The molecule has 0 unspecified atom stereocenters. The normalized spacial score (nSPS) is 20.7. The molecule has 24 heavy (non-hydrogen) atoms. The Morgan fingerprint density at radius 3 is 2.75 bits per heavy atom. The van der Waals surface area contributed by atoms with Gasteiger partial charge in [-0.25, -0.2) is 0 Å². The van der Waals surface area contributed by atoms with Gasteiger partial charge in [-0.15, -0.1) is 0 Å². The molecule has 1 aliphatic carbocycles. The van der Waals surface area contributed by atoms with Crippen LogP contribution in [0.25, 0.3) is 11.4 Å². The van der Waals surface area contributed by atoms with E-state index in [0.29, 0.717) is 43.8 Å². The number of nitrogens with zero attached hydrogens (tertiary/aromatic N) is 2. The number of hydrogen-bond acceptors (Lipinski definition) is 6. The van der Waals surface area contributed by atoms with E-state index in [1.165, 1.54) is 12.5 Å². The molecule has 1 amide bonds. The van der Waals surface area contributed by atoms with E-state index in [1.54, 1.807) is 6.07 Å². The number of rotatable bonds is 6. The number of carboxylic acid groups (broad SMARTS) is 1. The van der Waals surface area contributed by atoms with Crippen LogP contribution in [0.3, 0.4) is 0 Å². The number of aromatic nitrogens is 2. The summed E-state index contributed by atoms with van der Waals surface area (Å²) in [7, 11) is 0. The fourth-order valence-corrected chi connectivity index (χ4v) is 2.87. The highest BCUT2D eigenvalue weighted by Gasteiger charge is 2.26. The Morgan fingerprint density at radius 2 is 2.08 bits per heavy atom. The quantitative estimate of drug-likeness (QED) is 0.830. The van der Waals surface area contributed by atoms with E-state index < -0.39 is 5.97 Å². The molecule has 2 aromatic heterocycles. The first kappa shape index (κ1) is 16.2. The molecule has 0 atom stereocenters. The predicted molar refractivity (Wildman–Crippen MR) is 81.8 cm³/mol. The van der Waals surface area contributed by atoms with Gasteiger partial charge in [0.1, 0.15) is 6.26 Å². The molecule has 0 radical (unpaired) electrons. The summed E-state index contributed by atoms with van der Waals surface area (Å²) in [4.78, 5) is 27.1. The van der Waals surface area contributed by atoms with Gasteiger partial charge in [0.05, 0.1) is 17.7 Å². The summed E-state index contributed by atoms with van der Waals surface area (Å²) >= 11 is 0. The van der Waals surface area contributed by atoms with Gasteiger partial charge in [-0.05, 0) is 31.7 Å². The minimum atomic E-state index is -0.746. The van der Waals surface area contributed by atoms with Gasteiger partial charge in [0, 0.05) is 18.9 Å². The average molecular weight is 333 g/mol. The number of amides is 1. The third kappa shape index (κ3) is 4.01. The minimum Gasteiger partial charge on any atom is -0.481 e. The van der Waals surface area contributed by atoms with Crippen molar-refractivity contribution >= 4 is 11.9 Å². The molecule has 3 rings (SSSR count). The molecule has 2 heterocycles. The first-order chi connectivity index (χ1) is 11.6. The lowest BCUT2D eigenvalue weighted by Crippen LogP contribution is -2.38. The molecule has 0 bridgehead atoms. The van der Waals surface area contributed by atoms with Crippen molar-refractivity contribution in [2.75, 3.05) is 0 Å². The predicted octanol–water partition coefficient (Wildman–Crippen LogP) is 2.02. The zero-order chi connectivity index (χ0) is 16.9. The highest BCUT2D eigenvalue weighted by molar-refractivity contribution is 5.76. The molecule has 1 saturated carbocycles. The summed E-state index contributed by atoms with van der Waals surface area (Å²) in [6.07, 6.45) is 6.29. The third-order valence-electron chi connectivity index (χ3n) is 4.25. The molecule has 2 N–H and O–H groups in total. The van der Waals surface area contributed by atoms with Gasteiger partial charge in [0.15, 0.2) is 0 Å². The summed E-state index contributed by atoms with van der Waals surface area (Å²) in [6, 6.07) is 1.78. The molecule has 8 nitrogen and oxygen atoms in total. The number of carbonyl (C=O) groups excluding carboxylic acids is 1. The van der Waals surface area contributed by atoms with E-state index in [9.17, 15) is 9.59 Å². The van der Waals surface area contributed by atoms with Gasteiger partial charge in [0.25, 0.3) is 0 Å². The molecule has 0 spiro atoms. The molecule has 128 valence electrons. The zero-order valence-electron chi connectivity index (χ0n) is 13.1. The Bertz CT molecular complexity index is 686. The van der Waals surface area contributed by atoms with Crippen LogP contribution in [0.15, 0.2) is 27.5 Å². The topological polar surface area (TPSA) is 118 Å². The Labute approximate surface area is 138 Å². The van der Waals surface area contributed by atoms with E-state index >= 15 is 0 Å². The second-order valence-electron chi connectivity index (χ2n) is 5.98. The molecule has 8 heteroatoms. The Balaban J connectivity index is 1.42. The lowest BCUT2D eigenvalue weighted by molar-refractivity contribution is -0.142. The number of hydrogen-bond donors (Lipinski definition) is 2. The van der Waals surface area contributed by atoms with Crippen molar-refractivity contribution in [2.24, 2.45) is 5.92 Å². The standard InChI is InChI=1S/C16H19N3O5/c20-13(17-12-3-1-10(2-4-12)16(21)22)5-6-14-18-15(19-24-14)11-7-8-23-9-11/h7-10,12H,1-6H2,(H,17,20)(H,21,22). The van der Waals surface area contributed by atoms with E-state index in [-0.39, 0.29) is 24.3 Å². The molecular formula is C16H19N3O5. The summed E-state index contributed by atoms with van der Waals surface area (Å²) in [6.45, 7) is 0. The maximum absolute atomic E-state index is 12.0. The molecule has 1 fully saturated rings. The van der Waals surface area contributed by atoms with Gasteiger partial charge >= 0.3 is 5.97 Å². The van der Waals surface area contributed by atoms with Crippen molar-refractivity contribution in [3.63, 3.8) is 0 Å². The minimum absolute atomic E-state index is 0.0530. The number of furan rings is 1. The summed E-state index contributed by atoms with van der Waals surface area (Å²) in [5.41, 5.74) is 0.727. The number of nitrogens with one attached hydrogen (secondary N) is 1. The maximum Gasteiger partial charge on any atom is 0.306 e. The monoisotopic (exact) mass is 333 g/mol. The average Bonchev–Trinajstić information content (AvgIpc) is 3.25. The van der Waals surface area contributed by atoms with Crippen LogP contribution >= 0.6 is 0 Å². The van der Waals surface area contributed by atoms with Crippen LogP contribution in [0.4, 0.5) is 0 Å². The summed E-state index contributed by atoms with van der Waals surface area (Å²) in [5.74, 6) is -0.276. The molecular weight excluding hydrogens is 314 g/mol. The van der Waals surface area contributed by atoms with Crippen molar-refractivity contribution < 1.29 is 23.6 Å². The number of carboxylic acids is 1. The SMILES string of the molecule is O=C(CCc1nc(-c2ccoc2)no1)NC1CCC(C(=O)O)CC1. The van der Waals surface area contributed by atoms with E-state index in [1.807, 2.05) is 0 Å². The van der Waals surface area contributed by atoms with Crippen LogP contribution in [0, 0.1) is 5.92 Å². The lowest BCUT2D eigenvalue weighted by Gasteiger charge is -2.26. The first-order valence-corrected chi connectivity index (χ1v) is 7.99. The van der Waals surface area contributed by atoms with E-state index in [4.69, 9.17) is 14.0 Å². The maximum atomic E-state index is 12.0. The van der Waals surface area contributed by atoms with Crippen LogP contribution in [0.2, 0.25) is 0 Å². The molecule has 0 aromatic carbocycles. The van der Waals surface area contributed by atoms with Gasteiger partial charge < -0.3 is 19.4 Å². The Morgan fingerprint density at radius 1 is 1.29 bits per heavy atom. The zero-order valence-corrected chi connectivity index (χ0v) is 13.1. The summed E-state index contributed by atoms with van der Waals surface area (Å²) < 4.78 is 10.1. The van der Waals surface area contributed by atoms with Crippen molar-refractivity contribution in [2.45, 2.75) is 44.6 Å². The van der Waals surface area contributed by atoms with E-state index in [2.05, 4.69) is 15.5 Å². The highest BCUT2D eigenvalue weighted by Crippen LogP contribution is 2.24. The second kappa shape index (κ2) is 7.29. The Hall–Kier alpha value is -2.64.